The van der Waals surface area contributed by atoms with E-state index in [0.29, 0.717) is 6.54 Å². The van der Waals surface area contributed by atoms with Crippen LogP contribution >= 0.6 is 24.2 Å². The molecule has 1 atom stereocenters. The van der Waals surface area contributed by atoms with Gasteiger partial charge in [0.1, 0.15) is 6.04 Å². The topological polar surface area (TPSA) is 64.3 Å². The van der Waals surface area contributed by atoms with Crippen molar-refractivity contribution in [1.82, 2.24) is 5.32 Å². The lowest BCUT2D eigenvalue weighted by Crippen LogP contribution is -2.44. The first kappa shape index (κ1) is 19.2. The molecular weight excluding hydrogens is 296 g/mol. The number of rotatable bonds is 8. The van der Waals surface area contributed by atoms with Crippen molar-refractivity contribution >= 4 is 30.1 Å². The summed E-state index contributed by atoms with van der Waals surface area (Å²) in [4.78, 5) is 11.5. The molecule has 4 nitrogen and oxygen atoms in total. The highest BCUT2D eigenvalue weighted by molar-refractivity contribution is 7.98. The summed E-state index contributed by atoms with van der Waals surface area (Å²) in [5.74, 6) is 1.68. The van der Waals surface area contributed by atoms with Crippen molar-refractivity contribution in [3.05, 3.63) is 35.4 Å². The van der Waals surface area contributed by atoms with E-state index in [1.165, 1.54) is 18.2 Å². The van der Waals surface area contributed by atoms with Gasteiger partial charge in [-0.2, -0.15) is 11.8 Å². The third-order valence-corrected chi connectivity index (χ3v) is 3.65. The van der Waals surface area contributed by atoms with Crippen LogP contribution in [-0.2, 0) is 15.3 Å². The smallest absolute Gasteiger partial charge is 0.239 e. The van der Waals surface area contributed by atoms with Crippen LogP contribution in [0.5, 0.6) is 0 Å². The fraction of sp³-hybridized carbons (Fsp3) is 0.500. The van der Waals surface area contributed by atoms with Gasteiger partial charge in [0.15, 0.2) is 0 Å². The van der Waals surface area contributed by atoms with Gasteiger partial charge in [-0.25, -0.2) is 0 Å². The van der Waals surface area contributed by atoms with Gasteiger partial charge in [-0.05, 0) is 12.5 Å². The Hall–Kier alpha value is -0.750. The number of nitrogens with one attached hydrogen (secondary N) is 1. The second-order valence-electron chi connectivity index (χ2n) is 4.39. The molecule has 6 heteroatoms. The molecular formula is C14H23ClN2O2S. The van der Waals surface area contributed by atoms with Gasteiger partial charge in [0.2, 0.25) is 5.91 Å². The summed E-state index contributed by atoms with van der Waals surface area (Å²) in [6.45, 7) is 2.96. The van der Waals surface area contributed by atoms with Crippen molar-refractivity contribution in [3.8, 4) is 0 Å². The fourth-order valence-electron chi connectivity index (χ4n) is 1.51. The summed E-state index contributed by atoms with van der Waals surface area (Å²) in [5.41, 5.74) is 8.18. The zero-order valence-electron chi connectivity index (χ0n) is 11.9. The molecule has 0 aromatic heterocycles. The van der Waals surface area contributed by atoms with Crippen LogP contribution in [0.25, 0.3) is 0 Å². The molecule has 0 saturated carbocycles. The number of hydrogen-bond acceptors (Lipinski definition) is 4. The van der Waals surface area contributed by atoms with E-state index in [9.17, 15) is 4.79 Å². The number of thioether (sulfide) groups is 1. The van der Waals surface area contributed by atoms with Gasteiger partial charge in [-0.15, -0.1) is 12.4 Å². The van der Waals surface area contributed by atoms with Crippen LogP contribution in [0, 0.1) is 6.92 Å². The number of carbonyl (C=O) groups is 1. The first-order valence-corrected chi connectivity index (χ1v) is 7.44. The molecule has 1 aromatic rings. The lowest BCUT2D eigenvalue weighted by Gasteiger charge is -2.10. The Kier molecular flexibility index (Phi) is 10.6. The number of aryl methyl sites for hydroxylation is 1. The van der Waals surface area contributed by atoms with Crippen LogP contribution in [-0.4, -0.2) is 38.0 Å². The Bertz CT molecular complexity index is 387. The number of hydrogen-bond donors (Lipinski definition) is 2. The van der Waals surface area contributed by atoms with Gasteiger partial charge in [0.25, 0.3) is 0 Å². The quantitative estimate of drug-likeness (QED) is 0.717. The lowest BCUT2D eigenvalue weighted by atomic mass is 10.2. The maximum Gasteiger partial charge on any atom is 0.239 e. The molecule has 114 valence electrons. The van der Waals surface area contributed by atoms with Crippen molar-refractivity contribution in [2.24, 2.45) is 5.73 Å². The standard InChI is InChI=1S/C14H22N2O2S.ClH/c1-11-3-5-12(6-4-11)10-19-8-7-16-14(17)13(15)9-18-2;/h3-6,13H,7-10,15H2,1-2H3,(H,16,17);1H. The summed E-state index contributed by atoms with van der Waals surface area (Å²) in [5, 5.41) is 2.80. The highest BCUT2D eigenvalue weighted by atomic mass is 35.5. The number of halogens is 1. The van der Waals surface area contributed by atoms with E-state index in [1.54, 1.807) is 11.8 Å². The highest BCUT2D eigenvalue weighted by Crippen LogP contribution is 2.12. The van der Waals surface area contributed by atoms with E-state index in [2.05, 4.69) is 36.5 Å². The molecule has 0 aliphatic heterocycles. The van der Waals surface area contributed by atoms with Gasteiger partial charge in [-0.3, -0.25) is 4.79 Å². The first-order chi connectivity index (χ1) is 9.13. The average Bonchev–Trinajstić information content (AvgIpc) is 2.40. The minimum absolute atomic E-state index is 0. The summed E-state index contributed by atoms with van der Waals surface area (Å²) in [7, 11) is 1.53. The minimum Gasteiger partial charge on any atom is -0.383 e. The van der Waals surface area contributed by atoms with Gasteiger partial charge < -0.3 is 15.8 Å². The molecule has 1 aromatic carbocycles. The van der Waals surface area contributed by atoms with E-state index in [-0.39, 0.29) is 24.9 Å². The minimum atomic E-state index is -0.577. The molecule has 0 spiro atoms. The fourth-order valence-corrected chi connectivity index (χ4v) is 2.33. The number of nitrogens with two attached hydrogens (primary N) is 1. The van der Waals surface area contributed by atoms with Gasteiger partial charge >= 0.3 is 0 Å². The Morgan fingerprint density at radius 3 is 2.65 bits per heavy atom. The molecule has 1 amide bonds. The maximum atomic E-state index is 11.5. The van der Waals surface area contributed by atoms with Crippen LogP contribution < -0.4 is 11.1 Å². The molecule has 0 aliphatic rings. The van der Waals surface area contributed by atoms with E-state index in [4.69, 9.17) is 10.5 Å². The molecule has 0 bridgehead atoms. The predicted octanol–water partition coefficient (Wildman–Crippen LogP) is 1.74. The van der Waals surface area contributed by atoms with Gasteiger partial charge in [-0.1, -0.05) is 29.8 Å². The molecule has 1 unspecified atom stereocenters. The number of methoxy groups -OCH3 is 1. The van der Waals surface area contributed by atoms with E-state index in [0.717, 1.165) is 11.5 Å². The van der Waals surface area contributed by atoms with E-state index < -0.39 is 6.04 Å². The Morgan fingerprint density at radius 2 is 2.05 bits per heavy atom. The maximum absolute atomic E-state index is 11.5. The molecule has 20 heavy (non-hydrogen) atoms. The third-order valence-electron chi connectivity index (χ3n) is 2.62. The Morgan fingerprint density at radius 1 is 1.40 bits per heavy atom. The van der Waals surface area contributed by atoms with Crippen LogP contribution in [0.3, 0.4) is 0 Å². The van der Waals surface area contributed by atoms with E-state index >= 15 is 0 Å². The van der Waals surface area contributed by atoms with E-state index in [1.807, 2.05) is 0 Å². The van der Waals surface area contributed by atoms with Crippen molar-refractivity contribution < 1.29 is 9.53 Å². The van der Waals surface area contributed by atoms with Crippen molar-refractivity contribution in [2.75, 3.05) is 26.0 Å². The second-order valence-corrected chi connectivity index (χ2v) is 5.50. The average molecular weight is 319 g/mol. The predicted molar refractivity (Wildman–Crippen MR) is 87.5 cm³/mol. The largest absolute Gasteiger partial charge is 0.383 e. The van der Waals surface area contributed by atoms with Gasteiger partial charge in [0, 0.05) is 25.2 Å². The van der Waals surface area contributed by atoms with Crippen LogP contribution in [0.15, 0.2) is 24.3 Å². The summed E-state index contributed by atoms with van der Waals surface area (Å²) in [6.07, 6.45) is 0. The summed E-state index contributed by atoms with van der Waals surface area (Å²) in [6, 6.07) is 7.92. The second kappa shape index (κ2) is 11.0. The molecule has 0 fully saturated rings. The molecule has 1 rings (SSSR count). The molecule has 0 heterocycles. The molecule has 0 saturated heterocycles. The first-order valence-electron chi connectivity index (χ1n) is 6.29. The zero-order chi connectivity index (χ0) is 14.1. The number of amides is 1. The molecule has 0 aliphatic carbocycles. The van der Waals surface area contributed by atoms with Crippen molar-refractivity contribution in [3.63, 3.8) is 0 Å². The van der Waals surface area contributed by atoms with Crippen LogP contribution in [0.4, 0.5) is 0 Å². The number of benzene rings is 1. The Balaban J connectivity index is 0.00000361. The van der Waals surface area contributed by atoms with Crippen LogP contribution in [0.2, 0.25) is 0 Å². The monoisotopic (exact) mass is 318 g/mol. The SMILES string of the molecule is COCC(N)C(=O)NCCSCc1ccc(C)cc1.Cl. The number of ether oxygens (including phenoxy) is 1. The lowest BCUT2D eigenvalue weighted by molar-refractivity contribution is -0.123. The normalized spacial score (nSPS) is 11.6. The summed E-state index contributed by atoms with van der Waals surface area (Å²) >= 11 is 1.79. The van der Waals surface area contributed by atoms with Crippen molar-refractivity contribution in [1.29, 1.82) is 0 Å². The highest BCUT2D eigenvalue weighted by Gasteiger charge is 2.11. The van der Waals surface area contributed by atoms with Crippen LogP contribution in [0.1, 0.15) is 11.1 Å². The van der Waals surface area contributed by atoms with Gasteiger partial charge in [0.05, 0.1) is 6.61 Å². The Labute approximate surface area is 131 Å². The molecule has 3 N–H and O–H groups in total. The number of carbonyl (C=O) groups excluding carboxylic acids is 1. The van der Waals surface area contributed by atoms with Crippen molar-refractivity contribution in [2.45, 2.75) is 18.7 Å². The summed E-state index contributed by atoms with van der Waals surface area (Å²) < 4.78 is 4.83. The molecule has 0 radical (unpaired) electrons. The zero-order valence-corrected chi connectivity index (χ0v) is 13.6. The third kappa shape index (κ3) is 7.75.